The highest BCUT2D eigenvalue weighted by Gasteiger charge is 2.21. The summed E-state index contributed by atoms with van der Waals surface area (Å²) < 4.78 is 0. The predicted molar refractivity (Wildman–Crippen MR) is 58.6 cm³/mol. The maximum absolute atomic E-state index is 3.39. The van der Waals surface area contributed by atoms with E-state index in [4.69, 9.17) is 0 Å². The van der Waals surface area contributed by atoms with Gasteiger partial charge in [-0.25, -0.2) is 0 Å². The van der Waals surface area contributed by atoms with E-state index >= 15 is 0 Å². The van der Waals surface area contributed by atoms with E-state index in [1.807, 2.05) is 0 Å². The molecule has 1 heterocycles. The molecule has 0 aromatic rings. The van der Waals surface area contributed by atoms with Crippen LogP contribution < -0.4 is 5.32 Å². The molecule has 1 rings (SSSR count). The molecule has 0 amide bonds. The summed E-state index contributed by atoms with van der Waals surface area (Å²) in [7, 11) is 4.35. The number of rotatable bonds is 1. The lowest BCUT2D eigenvalue weighted by molar-refractivity contribution is 0.178. The zero-order chi connectivity index (χ0) is 7.56. The molecule has 1 saturated heterocycles. The Morgan fingerprint density at radius 2 is 1.83 bits per heavy atom. The summed E-state index contributed by atoms with van der Waals surface area (Å²) in [6, 6.07) is 0.793. The summed E-state index contributed by atoms with van der Waals surface area (Å²) >= 11 is 0. The summed E-state index contributed by atoms with van der Waals surface area (Å²) in [6.07, 6.45) is 1.30. The van der Waals surface area contributed by atoms with Gasteiger partial charge in [0, 0.05) is 6.04 Å². The number of nitrogens with one attached hydrogen (secondary N) is 1. The van der Waals surface area contributed by atoms with E-state index in [-0.39, 0.29) is 24.8 Å². The fraction of sp³-hybridized carbons (Fsp3) is 1.00. The summed E-state index contributed by atoms with van der Waals surface area (Å²) in [5.41, 5.74) is 0. The highest BCUT2D eigenvalue weighted by atomic mass is 35.5. The lowest BCUT2D eigenvalue weighted by Crippen LogP contribution is -2.45. The van der Waals surface area contributed by atoms with E-state index in [0.29, 0.717) is 0 Å². The quantitative estimate of drug-likeness (QED) is 0.711. The number of nitrogens with zero attached hydrogens (tertiary/aromatic N) is 1. The van der Waals surface area contributed by atoms with Crippen LogP contribution in [-0.4, -0.2) is 38.1 Å². The van der Waals surface area contributed by atoms with Crippen molar-refractivity contribution in [3.63, 3.8) is 0 Å². The fourth-order valence-electron chi connectivity index (χ4n) is 1.77. The monoisotopic (exact) mass is 214 g/mol. The maximum Gasteiger partial charge on any atom is 0.0139 e. The first kappa shape index (κ1) is 15.0. The third-order valence-electron chi connectivity index (χ3n) is 2.40. The van der Waals surface area contributed by atoms with Gasteiger partial charge in [-0.15, -0.1) is 24.8 Å². The van der Waals surface area contributed by atoms with Crippen molar-refractivity contribution >= 4 is 24.8 Å². The molecule has 76 valence electrons. The van der Waals surface area contributed by atoms with Crippen molar-refractivity contribution < 1.29 is 0 Å². The van der Waals surface area contributed by atoms with Crippen molar-refractivity contribution in [3.05, 3.63) is 0 Å². The second-order valence-electron chi connectivity index (χ2n) is 3.50. The second kappa shape index (κ2) is 6.96. The standard InChI is InChI=1S/C8H18N2.2ClH/c1-7-6-9-5-4-8(7)10(2)3;;/h7-9H,4-6H2,1-3H3;2*1H. The summed E-state index contributed by atoms with van der Waals surface area (Å²) in [5.74, 6) is 0.809. The van der Waals surface area contributed by atoms with Gasteiger partial charge in [0.05, 0.1) is 0 Å². The van der Waals surface area contributed by atoms with Crippen molar-refractivity contribution in [2.45, 2.75) is 19.4 Å². The van der Waals surface area contributed by atoms with Crippen LogP contribution in [0.5, 0.6) is 0 Å². The average molecular weight is 215 g/mol. The molecule has 1 fully saturated rings. The Hall–Kier alpha value is 0.500. The Bertz CT molecular complexity index is 109. The Balaban J connectivity index is 0. The molecule has 0 aromatic heterocycles. The van der Waals surface area contributed by atoms with Gasteiger partial charge in [-0.05, 0) is 39.5 Å². The van der Waals surface area contributed by atoms with E-state index in [2.05, 4.69) is 31.2 Å². The van der Waals surface area contributed by atoms with Gasteiger partial charge in [0.2, 0.25) is 0 Å². The van der Waals surface area contributed by atoms with Crippen LogP contribution in [0.1, 0.15) is 13.3 Å². The highest BCUT2D eigenvalue weighted by Crippen LogP contribution is 2.14. The molecule has 0 spiro atoms. The lowest BCUT2D eigenvalue weighted by Gasteiger charge is -2.34. The van der Waals surface area contributed by atoms with Crippen LogP contribution in [0.25, 0.3) is 0 Å². The maximum atomic E-state index is 3.39. The average Bonchev–Trinajstić information content (AvgIpc) is 1.88. The number of halogens is 2. The molecule has 0 aliphatic carbocycles. The molecular formula is C8H20Cl2N2. The molecule has 1 N–H and O–H groups in total. The summed E-state index contributed by atoms with van der Waals surface area (Å²) in [5, 5.41) is 3.39. The summed E-state index contributed by atoms with van der Waals surface area (Å²) in [6.45, 7) is 4.69. The SMILES string of the molecule is CC1CNCCC1N(C)C.Cl.Cl. The molecular weight excluding hydrogens is 195 g/mol. The zero-order valence-corrected chi connectivity index (χ0v) is 9.67. The van der Waals surface area contributed by atoms with Crippen LogP contribution in [0.4, 0.5) is 0 Å². The van der Waals surface area contributed by atoms with Gasteiger partial charge in [-0.1, -0.05) is 6.92 Å². The molecule has 12 heavy (non-hydrogen) atoms. The third kappa shape index (κ3) is 3.94. The number of hydrogen-bond donors (Lipinski definition) is 1. The molecule has 0 radical (unpaired) electrons. The van der Waals surface area contributed by atoms with E-state index in [1.54, 1.807) is 0 Å². The predicted octanol–water partition coefficient (Wildman–Crippen LogP) is 1.39. The van der Waals surface area contributed by atoms with Crippen LogP contribution in [0.15, 0.2) is 0 Å². The van der Waals surface area contributed by atoms with E-state index in [1.165, 1.54) is 19.5 Å². The minimum atomic E-state index is 0. The molecule has 2 unspecified atom stereocenters. The Morgan fingerprint density at radius 1 is 1.25 bits per heavy atom. The van der Waals surface area contributed by atoms with Gasteiger partial charge >= 0.3 is 0 Å². The number of piperidine rings is 1. The molecule has 0 bridgehead atoms. The molecule has 1 aliphatic rings. The fourth-order valence-corrected chi connectivity index (χ4v) is 1.77. The van der Waals surface area contributed by atoms with Crippen LogP contribution >= 0.6 is 24.8 Å². The van der Waals surface area contributed by atoms with Crippen LogP contribution in [0.2, 0.25) is 0 Å². The number of hydrogen-bond acceptors (Lipinski definition) is 2. The Kier molecular flexibility index (Phi) is 8.69. The van der Waals surface area contributed by atoms with Gasteiger partial charge < -0.3 is 10.2 Å². The minimum Gasteiger partial charge on any atom is -0.316 e. The first-order valence-electron chi connectivity index (χ1n) is 4.09. The Morgan fingerprint density at radius 3 is 2.17 bits per heavy atom. The largest absolute Gasteiger partial charge is 0.316 e. The van der Waals surface area contributed by atoms with Crippen molar-refractivity contribution in [2.75, 3.05) is 27.2 Å². The van der Waals surface area contributed by atoms with E-state index in [9.17, 15) is 0 Å². The van der Waals surface area contributed by atoms with Crippen molar-refractivity contribution in [1.29, 1.82) is 0 Å². The van der Waals surface area contributed by atoms with Crippen molar-refractivity contribution in [2.24, 2.45) is 5.92 Å². The smallest absolute Gasteiger partial charge is 0.0139 e. The van der Waals surface area contributed by atoms with Crippen molar-refractivity contribution in [3.8, 4) is 0 Å². The van der Waals surface area contributed by atoms with Crippen LogP contribution in [0.3, 0.4) is 0 Å². The molecule has 0 aromatic carbocycles. The molecule has 2 nitrogen and oxygen atoms in total. The van der Waals surface area contributed by atoms with Crippen LogP contribution in [-0.2, 0) is 0 Å². The van der Waals surface area contributed by atoms with Gasteiger partial charge in [0.1, 0.15) is 0 Å². The van der Waals surface area contributed by atoms with Crippen LogP contribution in [0, 0.1) is 5.92 Å². The minimum absolute atomic E-state index is 0. The molecule has 2 atom stereocenters. The second-order valence-corrected chi connectivity index (χ2v) is 3.50. The molecule has 1 aliphatic heterocycles. The lowest BCUT2D eigenvalue weighted by atomic mass is 9.95. The molecule has 0 saturated carbocycles. The first-order chi connectivity index (χ1) is 4.72. The normalized spacial score (nSPS) is 29.0. The van der Waals surface area contributed by atoms with Gasteiger partial charge in [0.15, 0.2) is 0 Å². The third-order valence-corrected chi connectivity index (χ3v) is 2.40. The summed E-state index contributed by atoms with van der Waals surface area (Å²) in [4.78, 5) is 2.34. The van der Waals surface area contributed by atoms with Gasteiger partial charge in [-0.2, -0.15) is 0 Å². The van der Waals surface area contributed by atoms with E-state index < -0.39 is 0 Å². The van der Waals surface area contributed by atoms with Gasteiger partial charge in [0.25, 0.3) is 0 Å². The van der Waals surface area contributed by atoms with Crippen molar-refractivity contribution in [1.82, 2.24) is 10.2 Å². The van der Waals surface area contributed by atoms with E-state index in [0.717, 1.165) is 12.0 Å². The topological polar surface area (TPSA) is 15.3 Å². The highest BCUT2D eigenvalue weighted by molar-refractivity contribution is 5.85. The zero-order valence-electron chi connectivity index (χ0n) is 8.04. The molecule has 4 heteroatoms. The Labute approximate surface area is 87.9 Å². The first-order valence-corrected chi connectivity index (χ1v) is 4.09. The van der Waals surface area contributed by atoms with Gasteiger partial charge in [-0.3, -0.25) is 0 Å².